The molecule has 0 bridgehead atoms. The molecule has 0 radical (unpaired) electrons. The third-order valence-electron chi connectivity index (χ3n) is 5.07. The second-order valence-corrected chi connectivity index (χ2v) is 8.72. The lowest BCUT2D eigenvalue weighted by molar-refractivity contribution is 0.303. The van der Waals surface area contributed by atoms with Crippen molar-refractivity contribution in [3.05, 3.63) is 29.6 Å². The van der Waals surface area contributed by atoms with E-state index in [1.54, 1.807) is 11.7 Å². The van der Waals surface area contributed by atoms with Gasteiger partial charge in [0.05, 0.1) is 11.4 Å². The van der Waals surface area contributed by atoms with Gasteiger partial charge in [0.1, 0.15) is 10.7 Å². The van der Waals surface area contributed by atoms with Gasteiger partial charge < -0.3 is 4.57 Å². The lowest BCUT2D eigenvalue weighted by atomic mass is 10.00. The van der Waals surface area contributed by atoms with E-state index in [1.165, 1.54) is 4.31 Å². The Hall–Kier alpha value is -1.67. The third kappa shape index (κ3) is 3.25. The largest absolute Gasteiger partial charge is 0.335 e. The fourth-order valence-electron chi connectivity index (χ4n) is 3.72. The number of rotatable bonds is 6. The fraction of sp³-hybridized carbons (Fsp3) is 0.647. The smallest absolute Gasteiger partial charge is 0.246 e. The van der Waals surface area contributed by atoms with Gasteiger partial charge in [-0.1, -0.05) is 13.8 Å². The summed E-state index contributed by atoms with van der Waals surface area (Å²) in [7, 11) is -0.0386. The summed E-state index contributed by atoms with van der Waals surface area (Å²) in [6.07, 6.45) is 6.91. The average Bonchev–Trinajstić information content (AvgIpc) is 3.17. The molecule has 1 aliphatic heterocycles. The molecule has 0 aromatic carbocycles. The van der Waals surface area contributed by atoms with Crippen LogP contribution in [0.25, 0.3) is 0 Å². The zero-order chi connectivity index (χ0) is 18.2. The maximum atomic E-state index is 13.2. The topological polar surface area (TPSA) is 73.0 Å². The van der Waals surface area contributed by atoms with Crippen molar-refractivity contribution in [3.8, 4) is 0 Å². The molecule has 3 rings (SSSR count). The predicted octanol–water partition coefficient (Wildman–Crippen LogP) is 1.62. The van der Waals surface area contributed by atoms with E-state index in [9.17, 15) is 8.42 Å². The van der Waals surface area contributed by atoms with Crippen molar-refractivity contribution >= 4 is 10.0 Å². The number of hydrogen-bond acceptors (Lipinski definition) is 4. The van der Waals surface area contributed by atoms with Crippen molar-refractivity contribution in [2.75, 3.05) is 13.6 Å². The molecule has 0 saturated heterocycles. The van der Waals surface area contributed by atoms with Crippen LogP contribution >= 0.6 is 0 Å². The molecule has 2 aromatic heterocycles. The number of imidazole rings is 1. The molecule has 0 N–H and O–H groups in total. The Morgan fingerprint density at radius 1 is 1.32 bits per heavy atom. The van der Waals surface area contributed by atoms with E-state index >= 15 is 0 Å². The van der Waals surface area contributed by atoms with Gasteiger partial charge >= 0.3 is 0 Å². The third-order valence-corrected chi connectivity index (χ3v) is 7.03. The maximum Gasteiger partial charge on any atom is 0.246 e. The minimum atomic E-state index is -3.54. The van der Waals surface area contributed by atoms with Crippen LogP contribution in [0, 0.1) is 5.92 Å². The molecule has 0 saturated carbocycles. The van der Waals surface area contributed by atoms with Crippen molar-refractivity contribution in [1.29, 1.82) is 0 Å². The molecule has 2 aromatic rings. The first-order valence-electron chi connectivity index (χ1n) is 8.89. The number of aromatic nitrogens is 4. The molecular formula is C17H27N5O2S. The number of fused-ring (bicyclic) bond motifs is 1. The lowest BCUT2D eigenvalue weighted by Gasteiger charge is -2.28. The number of sulfonamides is 1. The van der Waals surface area contributed by atoms with Gasteiger partial charge in [0.25, 0.3) is 0 Å². The minimum absolute atomic E-state index is 0.299. The first kappa shape index (κ1) is 18.1. The summed E-state index contributed by atoms with van der Waals surface area (Å²) in [5.74, 6) is 1.39. The van der Waals surface area contributed by atoms with Gasteiger partial charge in [0, 0.05) is 46.0 Å². The molecule has 3 heterocycles. The lowest BCUT2D eigenvalue weighted by Crippen LogP contribution is -2.36. The van der Waals surface area contributed by atoms with Crippen LogP contribution in [0.2, 0.25) is 0 Å². The molecule has 0 fully saturated rings. The molecule has 0 amide bonds. The molecule has 8 heteroatoms. The Morgan fingerprint density at radius 3 is 2.76 bits per heavy atom. The van der Waals surface area contributed by atoms with Crippen LogP contribution in [-0.4, -0.2) is 45.6 Å². The van der Waals surface area contributed by atoms with Gasteiger partial charge in [-0.2, -0.15) is 5.10 Å². The fourth-order valence-corrected chi connectivity index (χ4v) is 5.50. The average molecular weight is 366 g/mol. The summed E-state index contributed by atoms with van der Waals surface area (Å²) >= 11 is 0. The van der Waals surface area contributed by atoms with E-state index in [2.05, 4.69) is 14.6 Å². The summed E-state index contributed by atoms with van der Waals surface area (Å²) in [4.78, 5) is 4.74. The van der Waals surface area contributed by atoms with Gasteiger partial charge in [-0.05, 0) is 25.2 Å². The van der Waals surface area contributed by atoms with Crippen LogP contribution in [0.5, 0.6) is 0 Å². The summed E-state index contributed by atoms with van der Waals surface area (Å²) in [5.41, 5.74) is 1.44. The summed E-state index contributed by atoms with van der Waals surface area (Å²) in [6.45, 7) is 5.25. The van der Waals surface area contributed by atoms with Gasteiger partial charge in [-0.25, -0.2) is 17.7 Å². The molecular weight excluding hydrogens is 338 g/mol. The molecule has 138 valence electrons. The van der Waals surface area contributed by atoms with Gasteiger partial charge in [-0.15, -0.1) is 0 Å². The van der Waals surface area contributed by atoms with Crippen LogP contribution in [0.15, 0.2) is 17.3 Å². The first-order chi connectivity index (χ1) is 11.9. The van der Waals surface area contributed by atoms with Crippen molar-refractivity contribution in [1.82, 2.24) is 23.6 Å². The Bertz CT molecular complexity index is 853. The van der Waals surface area contributed by atoms with E-state index in [1.807, 2.05) is 33.3 Å². The summed E-state index contributed by atoms with van der Waals surface area (Å²) in [6, 6.07) is 0. The van der Waals surface area contributed by atoms with E-state index in [0.29, 0.717) is 35.9 Å². The molecule has 0 spiro atoms. The van der Waals surface area contributed by atoms with Crippen molar-refractivity contribution < 1.29 is 8.42 Å². The van der Waals surface area contributed by atoms with Gasteiger partial charge in [-0.3, -0.25) is 4.68 Å². The van der Waals surface area contributed by atoms with Crippen molar-refractivity contribution in [2.24, 2.45) is 13.0 Å². The zero-order valence-electron chi connectivity index (χ0n) is 15.4. The second-order valence-electron chi connectivity index (χ2n) is 6.74. The Labute approximate surface area is 149 Å². The van der Waals surface area contributed by atoms with Gasteiger partial charge in [0.2, 0.25) is 10.0 Å². The van der Waals surface area contributed by atoms with Crippen LogP contribution in [0.4, 0.5) is 0 Å². The Morgan fingerprint density at radius 2 is 2.08 bits per heavy atom. The van der Waals surface area contributed by atoms with Crippen molar-refractivity contribution in [3.63, 3.8) is 0 Å². The van der Waals surface area contributed by atoms with Crippen molar-refractivity contribution in [2.45, 2.75) is 51.0 Å². The minimum Gasteiger partial charge on any atom is -0.335 e. The monoisotopic (exact) mass is 365 g/mol. The molecule has 0 unspecified atom stereocenters. The first-order valence-corrected chi connectivity index (χ1v) is 10.3. The van der Waals surface area contributed by atoms with Gasteiger partial charge in [0.15, 0.2) is 0 Å². The quantitative estimate of drug-likeness (QED) is 0.780. The molecule has 25 heavy (non-hydrogen) atoms. The molecule has 1 aliphatic rings. The maximum absolute atomic E-state index is 13.2. The Balaban J connectivity index is 1.83. The molecule has 1 atom stereocenters. The highest BCUT2D eigenvalue weighted by Gasteiger charge is 2.32. The van der Waals surface area contributed by atoms with Crippen LogP contribution in [0.3, 0.4) is 0 Å². The van der Waals surface area contributed by atoms with Crippen LogP contribution in [-0.2, 0) is 42.9 Å². The highest BCUT2D eigenvalue weighted by atomic mass is 32.2. The zero-order valence-corrected chi connectivity index (χ0v) is 16.3. The van der Waals surface area contributed by atoms with Crippen LogP contribution in [0.1, 0.15) is 37.5 Å². The number of hydrogen-bond donors (Lipinski definition) is 0. The van der Waals surface area contributed by atoms with E-state index in [4.69, 9.17) is 0 Å². The highest BCUT2D eigenvalue weighted by molar-refractivity contribution is 7.89. The standard InChI is InChI=1S/C17H27N5O2S/c1-5-14-17(15(6-2)21(4)19-14)25(23,24)20(3)11-13-7-8-16-18-9-10-22(16)12-13/h9-10,13H,5-8,11-12H2,1-4H3/t13-/m0/s1. The molecule has 7 nitrogen and oxygen atoms in total. The molecule has 0 aliphatic carbocycles. The van der Waals surface area contributed by atoms with E-state index < -0.39 is 10.0 Å². The Kier molecular flexibility index (Phi) is 5.02. The highest BCUT2D eigenvalue weighted by Crippen LogP contribution is 2.27. The van der Waals surface area contributed by atoms with Crippen LogP contribution < -0.4 is 0 Å². The predicted molar refractivity (Wildman–Crippen MR) is 95.8 cm³/mol. The normalized spacial score (nSPS) is 17.9. The number of aryl methyl sites for hydroxylation is 3. The SMILES string of the molecule is CCc1nn(C)c(CC)c1S(=O)(=O)N(C)C[C@@H]1CCc2nccn2C1. The van der Waals surface area contributed by atoms with E-state index in [-0.39, 0.29) is 0 Å². The second kappa shape index (κ2) is 6.92. The summed E-state index contributed by atoms with van der Waals surface area (Å²) in [5, 5.41) is 4.42. The number of nitrogens with zero attached hydrogens (tertiary/aromatic N) is 5. The summed E-state index contributed by atoms with van der Waals surface area (Å²) < 4.78 is 31.8. The van der Waals surface area contributed by atoms with E-state index in [0.717, 1.165) is 30.9 Å².